The molecular weight excluding hydrogens is 268 g/mol. The lowest BCUT2D eigenvalue weighted by molar-refractivity contribution is -0.131. The van der Waals surface area contributed by atoms with Gasteiger partial charge in [-0.25, -0.2) is 0 Å². The number of benzene rings is 1. The number of nitrogens with zero attached hydrogens (tertiary/aromatic N) is 3. The topological polar surface area (TPSA) is 103 Å². The summed E-state index contributed by atoms with van der Waals surface area (Å²) >= 11 is 0. The average Bonchev–Trinajstić information content (AvgIpc) is 2.49. The van der Waals surface area contributed by atoms with Gasteiger partial charge in [-0.2, -0.15) is 10.5 Å². The lowest BCUT2D eigenvalue weighted by Crippen LogP contribution is -2.33. The summed E-state index contributed by atoms with van der Waals surface area (Å²) in [6.45, 7) is 0.887. The number of hydrogen-bond acceptors (Lipinski definition) is 5. The van der Waals surface area contributed by atoms with E-state index < -0.39 is 0 Å². The average molecular weight is 286 g/mol. The van der Waals surface area contributed by atoms with Gasteiger partial charge in [0.25, 0.3) is 0 Å². The van der Waals surface area contributed by atoms with Crippen LogP contribution in [-0.2, 0) is 4.79 Å². The third kappa shape index (κ3) is 5.84. The van der Waals surface area contributed by atoms with Crippen molar-refractivity contribution in [1.82, 2.24) is 4.90 Å². The molecule has 6 heteroatoms. The van der Waals surface area contributed by atoms with E-state index in [1.807, 2.05) is 12.1 Å². The van der Waals surface area contributed by atoms with Gasteiger partial charge in [0.15, 0.2) is 0 Å². The number of carbonyl (C=O) groups excluding carboxylic acids is 1. The monoisotopic (exact) mass is 286 g/mol. The van der Waals surface area contributed by atoms with Crippen LogP contribution < -0.4 is 10.5 Å². The fraction of sp³-hybridized carbons (Fsp3) is 0.400. The Kier molecular flexibility index (Phi) is 7.17. The normalized spacial score (nSPS) is 9.43. The van der Waals surface area contributed by atoms with Crippen LogP contribution >= 0.6 is 0 Å². The largest absolute Gasteiger partial charge is 0.491 e. The Morgan fingerprint density at radius 3 is 2.38 bits per heavy atom. The molecule has 0 saturated carbocycles. The molecule has 110 valence electrons. The van der Waals surface area contributed by atoms with E-state index >= 15 is 0 Å². The van der Waals surface area contributed by atoms with Gasteiger partial charge in [0, 0.05) is 13.1 Å². The first-order chi connectivity index (χ1) is 10.2. The molecule has 0 saturated heterocycles. The van der Waals surface area contributed by atoms with Crippen LogP contribution in [-0.4, -0.2) is 30.5 Å². The summed E-state index contributed by atoms with van der Waals surface area (Å²) < 4.78 is 5.46. The minimum Gasteiger partial charge on any atom is -0.491 e. The summed E-state index contributed by atoms with van der Waals surface area (Å²) in [4.78, 5) is 13.5. The molecule has 0 aromatic heterocycles. The van der Waals surface area contributed by atoms with Gasteiger partial charge in [-0.05, 0) is 12.1 Å². The van der Waals surface area contributed by atoms with E-state index in [0.717, 1.165) is 0 Å². The van der Waals surface area contributed by atoms with E-state index in [1.165, 1.54) is 4.90 Å². The van der Waals surface area contributed by atoms with Crippen LogP contribution in [0.25, 0.3) is 0 Å². The fourth-order valence-corrected chi connectivity index (χ4v) is 1.75. The molecule has 1 rings (SSSR count). The molecule has 1 aromatic carbocycles. The molecule has 0 spiro atoms. The molecule has 0 aliphatic rings. The minimum absolute atomic E-state index is 0.130. The smallest absolute Gasteiger partial charge is 0.226 e. The molecule has 0 radical (unpaired) electrons. The molecule has 0 bridgehead atoms. The molecule has 0 heterocycles. The molecule has 0 unspecified atom stereocenters. The number of nitriles is 2. The van der Waals surface area contributed by atoms with Crippen molar-refractivity contribution in [3.63, 3.8) is 0 Å². The highest BCUT2D eigenvalue weighted by Crippen LogP contribution is 2.19. The van der Waals surface area contributed by atoms with E-state index in [2.05, 4.69) is 0 Å². The van der Waals surface area contributed by atoms with Crippen molar-refractivity contribution in [2.24, 2.45) is 0 Å². The van der Waals surface area contributed by atoms with Gasteiger partial charge < -0.3 is 15.4 Å². The third-order valence-corrected chi connectivity index (χ3v) is 2.83. The van der Waals surface area contributed by atoms with E-state index in [4.69, 9.17) is 21.0 Å². The Morgan fingerprint density at radius 2 is 1.81 bits per heavy atom. The van der Waals surface area contributed by atoms with Crippen LogP contribution in [0.4, 0.5) is 5.69 Å². The zero-order valence-corrected chi connectivity index (χ0v) is 11.8. The molecule has 0 fully saturated rings. The number of hydrogen-bond donors (Lipinski definition) is 1. The molecule has 0 aliphatic carbocycles. The highest BCUT2D eigenvalue weighted by Gasteiger charge is 2.13. The Balaban J connectivity index is 2.44. The van der Waals surface area contributed by atoms with Crippen molar-refractivity contribution in [2.75, 3.05) is 25.4 Å². The van der Waals surface area contributed by atoms with E-state index in [-0.39, 0.29) is 31.8 Å². The van der Waals surface area contributed by atoms with Crippen molar-refractivity contribution in [3.8, 4) is 17.9 Å². The SMILES string of the molecule is N#CCCN(CCC#N)C(=O)CCOc1ccccc1N. The van der Waals surface area contributed by atoms with Gasteiger partial charge in [-0.15, -0.1) is 0 Å². The first-order valence-corrected chi connectivity index (χ1v) is 6.68. The molecule has 21 heavy (non-hydrogen) atoms. The van der Waals surface area contributed by atoms with Crippen molar-refractivity contribution in [1.29, 1.82) is 10.5 Å². The molecule has 0 atom stereocenters. The van der Waals surface area contributed by atoms with E-state index in [1.54, 1.807) is 24.3 Å². The van der Waals surface area contributed by atoms with Gasteiger partial charge in [0.1, 0.15) is 5.75 Å². The highest BCUT2D eigenvalue weighted by molar-refractivity contribution is 5.76. The zero-order chi connectivity index (χ0) is 15.5. The summed E-state index contributed by atoms with van der Waals surface area (Å²) in [6, 6.07) is 11.1. The van der Waals surface area contributed by atoms with Gasteiger partial charge in [0.05, 0.1) is 43.7 Å². The number of carbonyl (C=O) groups is 1. The molecule has 1 amide bonds. The maximum Gasteiger partial charge on any atom is 0.226 e. The minimum atomic E-state index is -0.130. The summed E-state index contributed by atoms with van der Waals surface area (Å²) in [5, 5.41) is 17.2. The predicted molar refractivity (Wildman–Crippen MR) is 78.0 cm³/mol. The van der Waals surface area contributed by atoms with Crippen molar-refractivity contribution >= 4 is 11.6 Å². The predicted octanol–water partition coefficient (Wildman–Crippen LogP) is 1.69. The lowest BCUT2D eigenvalue weighted by Gasteiger charge is -2.20. The van der Waals surface area contributed by atoms with Gasteiger partial charge in [0.2, 0.25) is 5.91 Å². The number of nitrogen functional groups attached to an aromatic ring is 1. The Bertz CT molecular complexity index is 527. The van der Waals surface area contributed by atoms with Crippen LogP contribution in [0.2, 0.25) is 0 Å². The number of ether oxygens (including phenoxy) is 1. The number of rotatable bonds is 8. The third-order valence-electron chi connectivity index (χ3n) is 2.83. The lowest BCUT2D eigenvalue weighted by atomic mass is 10.3. The summed E-state index contributed by atoms with van der Waals surface area (Å²) in [6.07, 6.45) is 0.693. The number of nitrogens with two attached hydrogens (primary N) is 1. The second-order valence-corrected chi connectivity index (χ2v) is 4.33. The number of anilines is 1. The standard InChI is InChI=1S/C15H18N4O2/c16-8-3-10-19(11-4-9-17)15(20)7-12-21-14-6-2-1-5-13(14)18/h1-2,5-6H,3-4,7,10-12,18H2. The van der Waals surface area contributed by atoms with Gasteiger partial charge in [-0.3, -0.25) is 4.79 Å². The quantitative estimate of drug-likeness (QED) is 0.732. The first-order valence-electron chi connectivity index (χ1n) is 6.68. The molecule has 2 N–H and O–H groups in total. The maximum atomic E-state index is 12.0. The highest BCUT2D eigenvalue weighted by atomic mass is 16.5. The molecule has 1 aromatic rings. The Morgan fingerprint density at radius 1 is 1.19 bits per heavy atom. The Hall–Kier alpha value is -2.73. The number of para-hydroxylation sites is 2. The zero-order valence-electron chi connectivity index (χ0n) is 11.8. The van der Waals surface area contributed by atoms with Crippen LogP contribution in [0.5, 0.6) is 5.75 Å². The Labute approximate surface area is 124 Å². The van der Waals surface area contributed by atoms with Crippen molar-refractivity contribution in [2.45, 2.75) is 19.3 Å². The maximum absolute atomic E-state index is 12.0. The fourth-order valence-electron chi connectivity index (χ4n) is 1.75. The van der Waals surface area contributed by atoms with Crippen LogP contribution in [0.3, 0.4) is 0 Å². The van der Waals surface area contributed by atoms with E-state index in [0.29, 0.717) is 24.5 Å². The summed E-state index contributed by atoms with van der Waals surface area (Å²) in [5.41, 5.74) is 6.26. The van der Waals surface area contributed by atoms with Crippen molar-refractivity contribution < 1.29 is 9.53 Å². The molecular formula is C15H18N4O2. The van der Waals surface area contributed by atoms with Gasteiger partial charge >= 0.3 is 0 Å². The molecule has 0 aliphatic heterocycles. The second kappa shape index (κ2) is 9.22. The van der Waals surface area contributed by atoms with E-state index in [9.17, 15) is 4.79 Å². The summed E-state index contributed by atoms with van der Waals surface area (Å²) in [7, 11) is 0. The van der Waals surface area contributed by atoms with Crippen molar-refractivity contribution in [3.05, 3.63) is 24.3 Å². The second-order valence-electron chi connectivity index (χ2n) is 4.33. The van der Waals surface area contributed by atoms with Crippen LogP contribution in [0.1, 0.15) is 19.3 Å². The summed E-state index contributed by atoms with van der Waals surface area (Å²) in [5.74, 6) is 0.418. The van der Waals surface area contributed by atoms with Crippen LogP contribution in [0.15, 0.2) is 24.3 Å². The van der Waals surface area contributed by atoms with Gasteiger partial charge in [-0.1, -0.05) is 12.1 Å². The first kappa shape index (κ1) is 16.3. The molecule has 6 nitrogen and oxygen atoms in total. The van der Waals surface area contributed by atoms with Crippen LogP contribution in [0, 0.1) is 22.7 Å². The number of amides is 1.